The summed E-state index contributed by atoms with van der Waals surface area (Å²) in [5.74, 6) is 0.252. The molecule has 2 aliphatic heterocycles. The standard InChI is InChI=1S/C32H34N4O5S/c1-4-42(39,40)29-10-7-25-18-22(29)5-9-28(37)30(35-24-6-8-27-21(17-24)11-13-34-31(27)33)23-15-19(2)26(20(3)16-23)12-14-41-32(38)36-25/h6-8,10-11,13,15-18,30,35H,4-5,9,12,14H2,1-3H3,(H2,33,34)(H,36,38)/t30-/m1/s1. The molecule has 0 radical (unpaired) electrons. The number of nitrogens with zero attached hydrogens (tertiary/aromatic N) is 1. The van der Waals surface area contributed by atoms with E-state index in [1.54, 1.807) is 19.2 Å². The van der Waals surface area contributed by atoms with E-state index < -0.39 is 22.0 Å². The molecule has 0 saturated heterocycles. The van der Waals surface area contributed by atoms with Crippen LogP contribution >= 0.6 is 0 Å². The van der Waals surface area contributed by atoms with Gasteiger partial charge in [-0.05, 0) is 95.9 Å². The average Bonchev–Trinajstić information content (AvgIpc) is 2.95. The van der Waals surface area contributed by atoms with Crippen LogP contribution in [-0.2, 0) is 32.2 Å². The quantitative estimate of drug-likeness (QED) is 0.277. The SMILES string of the molecule is CCS(=O)(=O)c1ccc2cc1CCC(=O)[C@H](Nc1ccc3c(N)nccc3c1)c1cc(C)c(c(C)c1)CCOC(=O)N2. The lowest BCUT2D eigenvalue weighted by atomic mass is 9.91. The highest BCUT2D eigenvalue weighted by atomic mass is 32.2. The van der Waals surface area contributed by atoms with Crippen molar-refractivity contribution in [2.75, 3.05) is 28.7 Å². The number of nitrogen functional groups attached to an aromatic ring is 1. The number of carbonyl (C=O) groups excluding carboxylic acids is 2. The van der Waals surface area contributed by atoms with E-state index in [0.29, 0.717) is 23.5 Å². The molecule has 4 bridgehead atoms. The fourth-order valence-corrected chi connectivity index (χ4v) is 6.66. The van der Waals surface area contributed by atoms with Gasteiger partial charge in [-0.25, -0.2) is 18.2 Å². The van der Waals surface area contributed by atoms with Crippen LogP contribution in [0.4, 0.5) is 22.0 Å². The minimum atomic E-state index is -3.57. The Morgan fingerprint density at radius 1 is 1.00 bits per heavy atom. The fourth-order valence-electron chi connectivity index (χ4n) is 5.51. The van der Waals surface area contributed by atoms with Gasteiger partial charge in [-0.2, -0.15) is 0 Å². The zero-order valence-electron chi connectivity index (χ0n) is 23.9. The van der Waals surface area contributed by atoms with Crippen LogP contribution in [0.2, 0.25) is 0 Å². The maximum Gasteiger partial charge on any atom is 0.411 e. The molecule has 0 fully saturated rings. The summed E-state index contributed by atoms with van der Waals surface area (Å²) in [5.41, 5.74) is 11.5. The highest BCUT2D eigenvalue weighted by Gasteiger charge is 2.25. The van der Waals surface area contributed by atoms with E-state index in [-0.39, 0.29) is 35.9 Å². The van der Waals surface area contributed by atoms with Crippen LogP contribution in [0.15, 0.2) is 65.7 Å². The summed E-state index contributed by atoms with van der Waals surface area (Å²) in [6, 6.07) is 15.5. The number of anilines is 3. The van der Waals surface area contributed by atoms with Gasteiger partial charge in [0, 0.05) is 35.8 Å². The summed E-state index contributed by atoms with van der Waals surface area (Å²) in [7, 11) is -3.57. The van der Waals surface area contributed by atoms with Gasteiger partial charge in [0.15, 0.2) is 15.6 Å². The Balaban J connectivity index is 1.57. The third-order valence-electron chi connectivity index (χ3n) is 7.73. The number of hydrogen-bond acceptors (Lipinski definition) is 8. The lowest BCUT2D eigenvalue weighted by molar-refractivity contribution is -0.119. The zero-order valence-corrected chi connectivity index (χ0v) is 24.7. The number of ketones is 1. The van der Waals surface area contributed by atoms with Crippen molar-refractivity contribution in [1.82, 2.24) is 4.98 Å². The molecular weight excluding hydrogens is 552 g/mol. The van der Waals surface area contributed by atoms with Crippen LogP contribution in [0.1, 0.15) is 47.2 Å². The number of fused-ring (bicyclic) bond motifs is 10. The Labute approximate surface area is 245 Å². The molecule has 1 amide bonds. The average molecular weight is 587 g/mol. The Hall–Kier alpha value is -4.44. The van der Waals surface area contributed by atoms with Gasteiger partial charge in [-0.15, -0.1) is 0 Å². The number of carbonyl (C=O) groups is 2. The van der Waals surface area contributed by atoms with Crippen molar-refractivity contribution < 1.29 is 22.7 Å². The third kappa shape index (κ3) is 6.08. The van der Waals surface area contributed by atoms with E-state index in [1.165, 1.54) is 12.1 Å². The second-order valence-corrected chi connectivity index (χ2v) is 12.8. The van der Waals surface area contributed by atoms with Crippen LogP contribution < -0.4 is 16.4 Å². The topological polar surface area (TPSA) is 140 Å². The Bertz CT molecular complexity index is 1780. The molecule has 2 aliphatic rings. The lowest BCUT2D eigenvalue weighted by Gasteiger charge is -2.23. The van der Waals surface area contributed by atoms with Crippen LogP contribution in [0.3, 0.4) is 0 Å². The van der Waals surface area contributed by atoms with Gasteiger partial charge in [0.25, 0.3) is 0 Å². The Morgan fingerprint density at radius 2 is 1.76 bits per heavy atom. The molecule has 0 unspecified atom stereocenters. The highest BCUT2D eigenvalue weighted by molar-refractivity contribution is 7.91. The molecule has 3 aromatic carbocycles. The molecule has 3 heterocycles. The van der Waals surface area contributed by atoms with Gasteiger partial charge < -0.3 is 15.8 Å². The summed E-state index contributed by atoms with van der Waals surface area (Å²) >= 11 is 0. The third-order valence-corrected chi connectivity index (χ3v) is 9.56. The molecule has 42 heavy (non-hydrogen) atoms. The Kier molecular flexibility index (Phi) is 8.17. The maximum atomic E-state index is 14.0. The van der Waals surface area contributed by atoms with Crippen molar-refractivity contribution in [1.29, 1.82) is 0 Å². The first-order valence-electron chi connectivity index (χ1n) is 13.9. The van der Waals surface area contributed by atoms with E-state index in [4.69, 9.17) is 10.5 Å². The number of hydrogen-bond donors (Lipinski definition) is 3. The molecule has 6 rings (SSSR count). The summed E-state index contributed by atoms with van der Waals surface area (Å²) < 4.78 is 31.2. The molecule has 1 aromatic heterocycles. The van der Waals surface area contributed by atoms with E-state index in [1.807, 2.05) is 50.2 Å². The van der Waals surface area contributed by atoms with Crippen molar-refractivity contribution in [3.63, 3.8) is 0 Å². The smallest absolute Gasteiger partial charge is 0.411 e. The summed E-state index contributed by atoms with van der Waals surface area (Å²) in [5, 5.41) is 7.84. The van der Waals surface area contributed by atoms with Crippen molar-refractivity contribution in [3.05, 3.63) is 88.6 Å². The minimum Gasteiger partial charge on any atom is -0.449 e. The van der Waals surface area contributed by atoms with Crippen LogP contribution in [-0.4, -0.2) is 37.6 Å². The van der Waals surface area contributed by atoms with Crippen LogP contribution in [0.5, 0.6) is 0 Å². The second-order valence-electron chi connectivity index (χ2n) is 10.5. The number of aromatic nitrogens is 1. The number of nitrogens with two attached hydrogens (primary N) is 1. The predicted octanol–water partition coefficient (Wildman–Crippen LogP) is 5.69. The molecule has 1 atom stereocenters. The first kappa shape index (κ1) is 29.1. The van der Waals surface area contributed by atoms with Crippen LogP contribution in [0, 0.1) is 13.8 Å². The first-order valence-corrected chi connectivity index (χ1v) is 15.5. The molecule has 9 nitrogen and oxygen atoms in total. The highest BCUT2D eigenvalue weighted by Crippen LogP contribution is 2.31. The van der Waals surface area contributed by atoms with Gasteiger partial charge in [0.1, 0.15) is 11.9 Å². The molecule has 218 valence electrons. The molecule has 4 aromatic rings. The number of aryl methyl sites for hydroxylation is 3. The number of nitrogens with one attached hydrogen (secondary N) is 2. The molecule has 0 saturated carbocycles. The van der Waals surface area contributed by atoms with Gasteiger partial charge in [0.2, 0.25) is 0 Å². The number of sulfone groups is 1. The molecule has 0 spiro atoms. The van der Waals surface area contributed by atoms with Gasteiger partial charge in [-0.1, -0.05) is 19.1 Å². The maximum absolute atomic E-state index is 14.0. The lowest BCUT2D eigenvalue weighted by Crippen LogP contribution is -2.23. The predicted molar refractivity (Wildman–Crippen MR) is 165 cm³/mol. The fraction of sp³-hybridized carbons (Fsp3) is 0.281. The molecular formula is C32H34N4O5S. The zero-order chi connectivity index (χ0) is 30.0. The first-order chi connectivity index (χ1) is 20.1. The second kappa shape index (κ2) is 11.8. The number of rotatable bonds is 4. The Morgan fingerprint density at radius 3 is 2.50 bits per heavy atom. The number of amides is 1. The van der Waals surface area contributed by atoms with E-state index >= 15 is 0 Å². The van der Waals surface area contributed by atoms with Crippen molar-refractivity contribution in [2.45, 2.75) is 51.0 Å². The van der Waals surface area contributed by atoms with E-state index in [0.717, 1.165) is 38.7 Å². The van der Waals surface area contributed by atoms with Crippen molar-refractivity contribution >= 4 is 49.7 Å². The summed E-state index contributed by atoms with van der Waals surface area (Å²) in [4.78, 5) is 30.8. The monoisotopic (exact) mass is 586 g/mol. The largest absolute Gasteiger partial charge is 0.449 e. The van der Waals surface area contributed by atoms with Crippen molar-refractivity contribution in [2.24, 2.45) is 0 Å². The number of benzene rings is 3. The molecule has 0 aliphatic carbocycles. The van der Waals surface area contributed by atoms with Gasteiger partial charge >= 0.3 is 6.09 Å². The normalized spacial score (nSPS) is 16.2. The van der Waals surface area contributed by atoms with Crippen LogP contribution in [0.25, 0.3) is 10.8 Å². The number of ether oxygens (including phenoxy) is 1. The van der Waals surface area contributed by atoms with Crippen molar-refractivity contribution in [3.8, 4) is 0 Å². The van der Waals surface area contributed by atoms with Gasteiger partial charge in [0.05, 0.1) is 17.3 Å². The summed E-state index contributed by atoms with van der Waals surface area (Å²) in [6.45, 7) is 5.70. The van der Waals surface area contributed by atoms with E-state index in [2.05, 4.69) is 15.6 Å². The van der Waals surface area contributed by atoms with Gasteiger partial charge in [-0.3, -0.25) is 10.1 Å². The molecule has 4 N–H and O–H groups in total. The minimum absolute atomic E-state index is 0.0715. The number of pyridine rings is 1. The molecule has 10 heteroatoms. The van der Waals surface area contributed by atoms with E-state index in [9.17, 15) is 18.0 Å². The number of Topliss-reactive ketones (excluding diaryl/α,β-unsaturated/α-hetero) is 1. The summed E-state index contributed by atoms with van der Waals surface area (Å²) in [6.07, 6.45) is 1.77.